The van der Waals surface area contributed by atoms with Crippen molar-refractivity contribution in [1.82, 2.24) is 9.88 Å². The maximum Gasteiger partial charge on any atom is 0.246 e. The van der Waals surface area contributed by atoms with Gasteiger partial charge in [0.05, 0.1) is 0 Å². The fourth-order valence-corrected chi connectivity index (χ4v) is 4.14. The van der Waals surface area contributed by atoms with Crippen molar-refractivity contribution in [2.75, 3.05) is 0 Å². The summed E-state index contributed by atoms with van der Waals surface area (Å²) in [6.07, 6.45) is 0.703. The second-order valence-electron chi connectivity index (χ2n) is 5.27. The van der Waals surface area contributed by atoms with Gasteiger partial charge in [0.1, 0.15) is 16.4 Å². The van der Waals surface area contributed by atoms with E-state index in [1.165, 1.54) is 12.1 Å². The summed E-state index contributed by atoms with van der Waals surface area (Å²) in [7, 11) is -3.64. The summed E-state index contributed by atoms with van der Waals surface area (Å²) in [4.78, 5) is 0.104. The van der Waals surface area contributed by atoms with Crippen LogP contribution in [0.2, 0.25) is 0 Å². The van der Waals surface area contributed by atoms with Crippen molar-refractivity contribution >= 4 is 10.0 Å². The van der Waals surface area contributed by atoms with Gasteiger partial charge in [0, 0.05) is 12.0 Å². The molecule has 1 N–H and O–H groups in total. The highest BCUT2D eigenvalue weighted by Crippen LogP contribution is 2.41. The summed E-state index contributed by atoms with van der Waals surface area (Å²) < 4.78 is 45.1. The number of sulfonamides is 1. The van der Waals surface area contributed by atoms with Crippen LogP contribution in [0.15, 0.2) is 33.7 Å². The number of halogens is 1. The summed E-state index contributed by atoms with van der Waals surface area (Å²) >= 11 is 0. The van der Waals surface area contributed by atoms with Gasteiger partial charge in [-0.3, -0.25) is 0 Å². The van der Waals surface area contributed by atoms with Crippen LogP contribution in [0.4, 0.5) is 4.39 Å². The third-order valence-corrected chi connectivity index (χ3v) is 5.37. The zero-order valence-electron chi connectivity index (χ0n) is 11.6. The predicted octanol–water partition coefficient (Wildman–Crippen LogP) is 2.26. The molecule has 112 valence electrons. The van der Waals surface area contributed by atoms with E-state index >= 15 is 0 Å². The van der Waals surface area contributed by atoms with Gasteiger partial charge in [-0.2, -0.15) is 0 Å². The molecule has 5 nitrogen and oxygen atoms in total. The van der Waals surface area contributed by atoms with E-state index in [4.69, 9.17) is 4.52 Å². The van der Waals surface area contributed by atoms with Crippen molar-refractivity contribution in [3.05, 3.63) is 47.1 Å². The molecular weight excluding hydrogens is 295 g/mol. The molecule has 1 aliphatic rings. The first-order valence-corrected chi connectivity index (χ1v) is 8.07. The van der Waals surface area contributed by atoms with E-state index in [9.17, 15) is 12.8 Å². The normalized spacial score (nSPS) is 21.5. The second kappa shape index (κ2) is 4.92. The quantitative estimate of drug-likeness (QED) is 0.940. The lowest BCUT2D eigenvalue weighted by Crippen LogP contribution is -2.27. The van der Waals surface area contributed by atoms with Gasteiger partial charge in [0.2, 0.25) is 10.0 Å². The van der Waals surface area contributed by atoms with Crippen LogP contribution < -0.4 is 4.72 Å². The van der Waals surface area contributed by atoms with Crippen LogP contribution in [0.5, 0.6) is 0 Å². The minimum atomic E-state index is -3.64. The minimum Gasteiger partial charge on any atom is -0.360 e. The highest BCUT2D eigenvalue weighted by Gasteiger charge is 2.42. The highest BCUT2D eigenvalue weighted by atomic mass is 32.2. The molecule has 0 amide bonds. The number of nitrogens with zero attached hydrogens (tertiary/aromatic N) is 1. The van der Waals surface area contributed by atoms with Crippen LogP contribution in [0, 0.1) is 19.7 Å². The van der Waals surface area contributed by atoms with Crippen molar-refractivity contribution < 1.29 is 17.3 Å². The van der Waals surface area contributed by atoms with E-state index < -0.39 is 10.0 Å². The Balaban J connectivity index is 1.75. The standard InChI is InChI=1S/C14H15FN2O3S/c1-8-14(9(2)20-16-8)21(18,19)17-13-7-12(13)10-3-5-11(15)6-4-10/h3-6,12-13,17H,7H2,1-2H3/t12-,13+/m0/s1. The summed E-state index contributed by atoms with van der Waals surface area (Å²) in [6, 6.07) is 5.96. The SMILES string of the molecule is Cc1noc(C)c1S(=O)(=O)N[C@@H]1C[C@H]1c1ccc(F)cc1. The predicted molar refractivity (Wildman–Crippen MR) is 73.8 cm³/mol. The maximum atomic E-state index is 12.9. The Hall–Kier alpha value is -1.73. The summed E-state index contributed by atoms with van der Waals surface area (Å²) in [5, 5.41) is 3.66. The number of rotatable bonds is 4. The van der Waals surface area contributed by atoms with Gasteiger partial charge in [-0.15, -0.1) is 0 Å². The van der Waals surface area contributed by atoms with Crippen LogP contribution in [-0.2, 0) is 10.0 Å². The van der Waals surface area contributed by atoms with Crippen LogP contribution >= 0.6 is 0 Å². The minimum absolute atomic E-state index is 0.0841. The topological polar surface area (TPSA) is 72.2 Å². The molecule has 21 heavy (non-hydrogen) atoms. The molecule has 0 aliphatic heterocycles. The zero-order valence-corrected chi connectivity index (χ0v) is 12.4. The molecular formula is C14H15FN2O3S. The van der Waals surface area contributed by atoms with Gasteiger partial charge >= 0.3 is 0 Å². The molecule has 2 aromatic rings. The van der Waals surface area contributed by atoms with Crippen LogP contribution in [0.1, 0.15) is 29.4 Å². The van der Waals surface area contributed by atoms with Gasteiger partial charge in [0.15, 0.2) is 5.76 Å². The van der Waals surface area contributed by atoms with Gasteiger partial charge < -0.3 is 4.52 Å². The second-order valence-corrected chi connectivity index (χ2v) is 6.93. The van der Waals surface area contributed by atoms with Crippen LogP contribution in [0.25, 0.3) is 0 Å². The first-order chi connectivity index (χ1) is 9.88. The van der Waals surface area contributed by atoms with Gasteiger partial charge in [-0.1, -0.05) is 17.3 Å². The van der Waals surface area contributed by atoms with Crippen molar-refractivity contribution in [2.24, 2.45) is 0 Å². The van der Waals surface area contributed by atoms with Crippen molar-refractivity contribution in [2.45, 2.75) is 37.1 Å². The number of aryl methyl sites for hydroxylation is 2. The number of hydrogen-bond acceptors (Lipinski definition) is 4. The molecule has 0 bridgehead atoms. The Morgan fingerprint density at radius 2 is 1.95 bits per heavy atom. The van der Waals surface area contributed by atoms with Crippen molar-refractivity contribution in [1.29, 1.82) is 0 Å². The molecule has 1 heterocycles. The molecule has 1 fully saturated rings. The van der Waals surface area contributed by atoms with Crippen molar-refractivity contribution in [3.8, 4) is 0 Å². The van der Waals surface area contributed by atoms with E-state index in [-0.39, 0.29) is 28.4 Å². The molecule has 0 spiro atoms. The average Bonchev–Trinajstić information content (AvgIpc) is 3.06. The Kier molecular flexibility index (Phi) is 3.33. The molecule has 3 rings (SSSR count). The molecule has 0 unspecified atom stereocenters. The lowest BCUT2D eigenvalue weighted by molar-refractivity contribution is 0.390. The van der Waals surface area contributed by atoms with Crippen LogP contribution in [0.3, 0.4) is 0 Å². The van der Waals surface area contributed by atoms with Gasteiger partial charge in [-0.25, -0.2) is 17.5 Å². The average molecular weight is 310 g/mol. The third kappa shape index (κ3) is 2.71. The lowest BCUT2D eigenvalue weighted by Gasteiger charge is -2.06. The number of benzene rings is 1. The van der Waals surface area contributed by atoms with E-state index in [1.54, 1.807) is 26.0 Å². The Morgan fingerprint density at radius 3 is 2.52 bits per heavy atom. The smallest absolute Gasteiger partial charge is 0.246 e. The largest absolute Gasteiger partial charge is 0.360 e. The molecule has 1 aromatic heterocycles. The first kappa shape index (κ1) is 14.2. The molecule has 2 atom stereocenters. The molecule has 1 aliphatic carbocycles. The summed E-state index contributed by atoms with van der Waals surface area (Å²) in [5.74, 6) is 0.0621. The Bertz CT molecular complexity index is 749. The van der Waals surface area contributed by atoms with E-state index in [0.29, 0.717) is 12.1 Å². The molecule has 1 saturated carbocycles. The van der Waals surface area contributed by atoms with E-state index in [2.05, 4.69) is 9.88 Å². The highest BCUT2D eigenvalue weighted by molar-refractivity contribution is 7.89. The number of nitrogens with one attached hydrogen (secondary N) is 1. The fourth-order valence-electron chi connectivity index (χ4n) is 2.52. The van der Waals surface area contributed by atoms with Crippen LogP contribution in [-0.4, -0.2) is 19.6 Å². The van der Waals surface area contributed by atoms with Crippen molar-refractivity contribution in [3.63, 3.8) is 0 Å². The van der Waals surface area contributed by atoms with E-state index in [0.717, 1.165) is 5.56 Å². The monoisotopic (exact) mass is 310 g/mol. The lowest BCUT2D eigenvalue weighted by atomic mass is 10.1. The summed E-state index contributed by atoms with van der Waals surface area (Å²) in [5.41, 5.74) is 1.28. The Labute approximate surface area is 122 Å². The van der Waals surface area contributed by atoms with E-state index in [1.807, 2.05) is 0 Å². The molecule has 1 aromatic carbocycles. The summed E-state index contributed by atoms with van der Waals surface area (Å²) in [6.45, 7) is 3.16. The van der Waals surface area contributed by atoms with Gasteiger partial charge in [0.25, 0.3) is 0 Å². The molecule has 7 heteroatoms. The molecule has 0 radical (unpaired) electrons. The Morgan fingerprint density at radius 1 is 1.29 bits per heavy atom. The zero-order chi connectivity index (χ0) is 15.2. The first-order valence-electron chi connectivity index (χ1n) is 6.59. The number of hydrogen-bond donors (Lipinski definition) is 1. The fraction of sp³-hybridized carbons (Fsp3) is 0.357. The third-order valence-electron chi connectivity index (χ3n) is 3.63. The number of aromatic nitrogens is 1. The van der Waals surface area contributed by atoms with Gasteiger partial charge in [-0.05, 0) is 38.0 Å². The molecule has 0 saturated heterocycles. The maximum absolute atomic E-state index is 12.9.